The number of nitrogens with zero attached hydrogens (tertiary/aromatic N) is 6. The summed E-state index contributed by atoms with van der Waals surface area (Å²) in [6.45, 7) is 27.5. The number of likely N-dealkylation sites (tertiary alicyclic amines) is 3. The largest absolute Gasteiger partial charge is 0.459 e. The van der Waals surface area contributed by atoms with Crippen LogP contribution in [0.25, 0.3) is 32.7 Å². The first-order chi connectivity index (χ1) is 41.5. The number of esters is 1. The Balaban J connectivity index is 0.000000188. The number of aliphatic hydroxyl groups is 3. The number of aliphatic hydroxyl groups excluding tert-OH is 3. The fourth-order valence-electron chi connectivity index (χ4n) is 17.0. The summed E-state index contributed by atoms with van der Waals surface area (Å²) in [6, 6.07) is 33.6. The van der Waals surface area contributed by atoms with Crippen molar-refractivity contribution in [2.75, 3.05) is 39.3 Å². The number of piperidine rings is 3. The Labute approximate surface area is 539 Å². The van der Waals surface area contributed by atoms with E-state index >= 15 is 0 Å². The Hall–Kier alpha value is -4.49. The summed E-state index contributed by atoms with van der Waals surface area (Å²) in [5, 5.41) is 33.4. The highest BCUT2D eigenvalue weighted by Gasteiger charge is 2.35. The van der Waals surface area contributed by atoms with Gasteiger partial charge in [0, 0.05) is 109 Å². The van der Waals surface area contributed by atoms with Gasteiger partial charge in [-0.1, -0.05) is 118 Å². The van der Waals surface area contributed by atoms with Crippen molar-refractivity contribution >= 4 is 38.7 Å². The van der Waals surface area contributed by atoms with E-state index in [1.807, 2.05) is 26.8 Å². The van der Waals surface area contributed by atoms with Gasteiger partial charge in [-0.2, -0.15) is 0 Å². The van der Waals surface area contributed by atoms with Gasteiger partial charge in [-0.05, 0) is 213 Å². The number of para-hydroxylation sites is 3. The maximum Gasteiger partial charge on any atom is 0.311 e. The van der Waals surface area contributed by atoms with Crippen LogP contribution in [0.2, 0.25) is 0 Å². The van der Waals surface area contributed by atoms with Crippen molar-refractivity contribution in [1.82, 2.24) is 28.4 Å². The molecule has 0 radical (unpaired) electrons. The number of hydrogen-bond donors (Lipinski definition) is 3. The average Bonchev–Trinajstić information content (AvgIpc) is 1.93. The van der Waals surface area contributed by atoms with Gasteiger partial charge >= 0.3 is 5.97 Å². The smallest absolute Gasteiger partial charge is 0.311 e. The van der Waals surface area contributed by atoms with E-state index in [1.165, 1.54) is 151 Å². The second kappa shape index (κ2) is 32.9. The third kappa shape index (κ3) is 16.8. The molecule has 0 atom stereocenters. The van der Waals surface area contributed by atoms with Crippen molar-refractivity contribution in [1.29, 1.82) is 0 Å². The zero-order chi connectivity index (χ0) is 60.6. The molecular weight excluding hydrogens is 1100 g/mol. The molecule has 0 bridgehead atoms. The monoisotopic (exact) mass is 1220 g/mol. The summed E-state index contributed by atoms with van der Waals surface area (Å²) in [6.07, 6.45) is 23.6. The van der Waals surface area contributed by atoms with E-state index in [0.29, 0.717) is 24.7 Å². The highest BCUT2D eigenvalue weighted by atomic mass is 16.5. The maximum absolute atomic E-state index is 12.4. The molecule has 3 aromatic carbocycles. The van der Waals surface area contributed by atoms with Gasteiger partial charge in [0.2, 0.25) is 0 Å². The number of benzene rings is 3. The zero-order valence-corrected chi connectivity index (χ0v) is 54.7. The molecule has 11 heteroatoms. The van der Waals surface area contributed by atoms with Gasteiger partial charge in [0.15, 0.2) is 0 Å². The first-order valence-electron chi connectivity index (χ1n) is 34.5. The topological polar surface area (TPSA) is 112 Å². The Kier molecular flexibility index (Phi) is 26.6. The summed E-state index contributed by atoms with van der Waals surface area (Å²) in [5.41, 5.74) is 7.23. The standard InChI is InChI=1S/C28H42N2O2.C24H36N2O2.C23H34N2O.3CH4/c1-20(2)21-10-12-23(13-11-21)29-16-14-24(15-17-29)30-25(19-32-27(31)28(3,4)5)18-22-8-6-7-9-26(22)30;1-17(2)18-7-9-19(10-8-18)25-13-11-20(12-14-25)26-23-6-4-3-5-21(23)22(15-27)24(26)16-28;1-17(2)18-7-9-20(10-8-18)24-13-11-21(12-14-24)25-22(16-26)15-19-5-3-4-6-23(19)25;;;/h6-9,18,20-21,23-24H,10-17,19H2,1-5H3;3-6,17-20,27-28H,7-16H2,1-2H3;3-6,15,17-18,20-21,26H,7-14,16H2,1-2H3;3*1H4. The third-order valence-corrected chi connectivity index (χ3v) is 22.4. The molecule has 3 saturated carbocycles. The van der Waals surface area contributed by atoms with Crippen LogP contribution in [-0.4, -0.2) is 107 Å². The van der Waals surface area contributed by atoms with Crippen LogP contribution in [0, 0.1) is 40.9 Å². The lowest BCUT2D eigenvalue weighted by Gasteiger charge is -2.42. The van der Waals surface area contributed by atoms with E-state index in [4.69, 9.17) is 4.74 Å². The van der Waals surface area contributed by atoms with Gasteiger partial charge in [-0.25, -0.2) is 0 Å². The van der Waals surface area contributed by atoms with Crippen LogP contribution in [0.15, 0.2) is 84.9 Å². The van der Waals surface area contributed by atoms with E-state index in [1.54, 1.807) is 0 Å². The molecular formula is C78H124N6O5. The van der Waals surface area contributed by atoms with Gasteiger partial charge in [-0.15, -0.1) is 0 Å². The van der Waals surface area contributed by atoms with E-state index < -0.39 is 5.41 Å². The summed E-state index contributed by atoms with van der Waals surface area (Å²) < 4.78 is 12.9. The molecule has 6 aromatic rings. The molecule has 0 spiro atoms. The molecule has 12 rings (SSSR count). The summed E-state index contributed by atoms with van der Waals surface area (Å²) in [7, 11) is 0. The molecule has 89 heavy (non-hydrogen) atoms. The highest BCUT2D eigenvalue weighted by molar-refractivity contribution is 5.86. The van der Waals surface area contributed by atoms with Crippen LogP contribution >= 0.6 is 0 Å². The van der Waals surface area contributed by atoms with Crippen LogP contribution < -0.4 is 0 Å². The molecule has 496 valence electrons. The fourth-order valence-corrected chi connectivity index (χ4v) is 17.0. The van der Waals surface area contributed by atoms with Crippen molar-refractivity contribution in [3.63, 3.8) is 0 Å². The van der Waals surface area contributed by atoms with Gasteiger partial charge in [0.25, 0.3) is 0 Å². The van der Waals surface area contributed by atoms with Gasteiger partial charge < -0.3 is 48.5 Å². The Morgan fingerprint density at radius 3 is 1.15 bits per heavy atom. The van der Waals surface area contributed by atoms with Crippen LogP contribution in [0.4, 0.5) is 0 Å². The lowest BCUT2D eigenvalue weighted by atomic mass is 9.79. The SMILES string of the molecule is C.C.C.CC(C)C1CCC(N2CCC(n3c(CO)c(CO)c4ccccc43)CC2)CC1.CC(C)C1CCC(N2CCC(n3c(CO)cc4ccccc43)CC2)CC1.CC(C)C1CCC(N2CCC(n3c(COC(=O)C(C)(C)C)cc4ccccc43)CC2)CC1. The molecule has 6 heterocycles. The summed E-state index contributed by atoms with van der Waals surface area (Å²) >= 11 is 0. The van der Waals surface area contributed by atoms with Crippen molar-refractivity contribution in [2.24, 2.45) is 40.9 Å². The lowest BCUT2D eigenvalue weighted by molar-refractivity contribution is -0.154. The number of carbonyl (C=O) groups excluding carboxylic acids is 1. The molecule has 6 aliphatic rings. The first-order valence-corrected chi connectivity index (χ1v) is 34.5. The van der Waals surface area contributed by atoms with Crippen molar-refractivity contribution in [3.8, 4) is 0 Å². The fraction of sp³-hybridized carbons (Fsp3) is 0.679. The highest BCUT2D eigenvalue weighted by Crippen LogP contribution is 2.41. The van der Waals surface area contributed by atoms with Crippen molar-refractivity contribution < 1.29 is 24.9 Å². The number of aromatic nitrogens is 3. The van der Waals surface area contributed by atoms with E-state index in [0.717, 1.165) is 113 Å². The summed E-state index contributed by atoms with van der Waals surface area (Å²) in [5.74, 6) is 5.15. The van der Waals surface area contributed by atoms with E-state index in [9.17, 15) is 20.1 Å². The van der Waals surface area contributed by atoms with Crippen LogP contribution in [0.1, 0.15) is 241 Å². The number of ether oxygens (including phenoxy) is 1. The van der Waals surface area contributed by atoms with Gasteiger partial charge in [0.05, 0.1) is 36.6 Å². The first kappa shape index (κ1) is 71.9. The Morgan fingerprint density at radius 2 is 0.787 bits per heavy atom. The lowest BCUT2D eigenvalue weighted by Crippen LogP contribution is -2.44. The molecule has 3 aliphatic heterocycles. The molecule has 0 amide bonds. The second-order valence-corrected chi connectivity index (χ2v) is 29.5. The van der Waals surface area contributed by atoms with Crippen LogP contribution in [0.3, 0.4) is 0 Å². The van der Waals surface area contributed by atoms with Gasteiger partial charge in [0.1, 0.15) is 6.61 Å². The van der Waals surface area contributed by atoms with Gasteiger partial charge in [-0.3, -0.25) is 4.79 Å². The predicted molar refractivity (Wildman–Crippen MR) is 374 cm³/mol. The molecule has 3 aliphatic carbocycles. The third-order valence-electron chi connectivity index (χ3n) is 22.4. The number of hydrogen-bond acceptors (Lipinski definition) is 8. The average molecular weight is 1230 g/mol. The van der Waals surface area contributed by atoms with Crippen LogP contribution in [-0.2, 0) is 36.0 Å². The minimum Gasteiger partial charge on any atom is -0.459 e. The molecule has 3 saturated heterocycles. The quantitative estimate of drug-likeness (QED) is 0.0925. The normalized spacial score (nSPS) is 24.0. The van der Waals surface area contributed by atoms with Crippen molar-refractivity contribution in [3.05, 3.63) is 108 Å². The molecule has 3 N–H and O–H groups in total. The zero-order valence-electron chi connectivity index (χ0n) is 54.7. The minimum atomic E-state index is -0.475. The van der Waals surface area contributed by atoms with E-state index in [-0.39, 0.29) is 48.1 Å². The van der Waals surface area contributed by atoms with Crippen LogP contribution in [0.5, 0.6) is 0 Å². The maximum atomic E-state index is 12.4. The predicted octanol–water partition coefficient (Wildman–Crippen LogP) is 18.0. The number of fused-ring (bicyclic) bond motifs is 3. The molecule has 3 aromatic heterocycles. The minimum absolute atomic E-state index is 0. The number of carbonyl (C=O) groups is 1. The Morgan fingerprint density at radius 1 is 0.438 bits per heavy atom. The number of rotatable bonds is 14. The summed E-state index contributed by atoms with van der Waals surface area (Å²) in [4.78, 5) is 20.6. The molecule has 6 fully saturated rings. The second-order valence-electron chi connectivity index (χ2n) is 29.5. The molecule has 11 nitrogen and oxygen atoms in total. The molecule has 0 unspecified atom stereocenters. The van der Waals surface area contributed by atoms with Crippen molar-refractivity contribution in [2.45, 2.75) is 263 Å². The van der Waals surface area contributed by atoms with E-state index in [2.05, 4.69) is 149 Å². The Bertz CT molecular complexity index is 3060.